The van der Waals surface area contributed by atoms with E-state index in [1.165, 1.54) is 0 Å². The molecule has 0 heterocycles. The minimum atomic E-state index is -1.04. The Kier molecular flexibility index (Phi) is 6.20. The third kappa shape index (κ3) is 5.17. The Labute approximate surface area is 161 Å². The standard InChI is InChI=1S/C21H17ClN2O3/c22-17-11-13-18(14-12-17)23-21(26)27-24-19(15-7-3-1-4-8-15)20(25)16-9-5-2-6-10-16/h1-14,20,25H,(H,23,26). The SMILES string of the molecule is O=C(Nc1ccc(Cl)cc1)ON=C(c1ccccc1)C(O)c1ccccc1. The lowest BCUT2D eigenvalue weighted by atomic mass is 9.99. The van der Waals surface area contributed by atoms with Crippen LogP contribution in [0.4, 0.5) is 10.5 Å². The molecular formula is C21H17ClN2O3. The van der Waals surface area contributed by atoms with Gasteiger partial charge in [-0.1, -0.05) is 77.4 Å². The number of amides is 1. The Balaban J connectivity index is 1.80. The maximum atomic E-state index is 12.0. The zero-order valence-corrected chi connectivity index (χ0v) is 15.0. The third-order valence-electron chi connectivity index (χ3n) is 3.76. The van der Waals surface area contributed by atoms with Crippen molar-refractivity contribution in [3.63, 3.8) is 0 Å². The Hall–Kier alpha value is -3.15. The largest absolute Gasteiger partial charge is 0.437 e. The molecule has 0 aliphatic carbocycles. The van der Waals surface area contributed by atoms with Gasteiger partial charge in [-0.2, -0.15) is 0 Å². The van der Waals surface area contributed by atoms with Gasteiger partial charge in [-0.15, -0.1) is 0 Å². The van der Waals surface area contributed by atoms with Gasteiger partial charge < -0.3 is 5.11 Å². The fourth-order valence-electron chi connectivity index (χ4n) is 2.43. The molecule has 0 aromatic heterocycles. The van der Waals surface area contributed by atoms with Crippen LogP contribution in [-0.4, -0.2) is 16.9 Å². The van der Waals surface area contributed by atoms with Crippen LogP contribution in [0.1, 0.15) is 17.2 Å². The maximum absolute atomic E-state index is 12.0. The molecule has 3 aromatic rings. The molecule has 5 nitrogen and oxygen atoms in total. The van der Waals surface area contributed by atoms with Crippen LogP contribution in [0.2, 0.25) is 5.02 Å². The smallest absolute Gasteiger partial charge is 0.382 e. The molecule has 1 atom stereocenters. The van der Waals surface area contributed by atoms with Crippen molar-refractivity contribution in [2.45, 2.75) is 6.10 Å². The predicted octanol–water partition coefficient (Wildman–Crippen LogP) is 5.03. The summed E-state index contributed by atoms with van der Waals surface area (Å²) in [6.07, 6.45) is -1.82. The molecule has 136 valence electrons. The first-order valence-electron chi connectivity index (χ1n) is 8.23. The Morgan fingerprint density at radius 1 is 0.926 bits per heavy atom. The number of hydrogen-bond donors (Lipinski definition) is 2. The lowest BCUT2D eigenvalue weighted by Gasteiger charge is -2.14. The van der Waals surface area contributed by atoms with Gasteiger partial charge in [0, 0.05) is 16.3 Å². The zero-order chi connectivity index (χ0) is 19.1. The molecule has 27 heavy (non-hydrogen) atoms. The van der Waals surface area contributed by atoms with Crippen LogP contribution < -0.4 is 5.32 Å². The average Bonchev–Trinajstić information content (AvgIpc) is 2.71. The number of benzene rings is 3. The van der Waals surface area contributed by atoms with E-state index >= 15 is 0 Å². The number of rotatable bonds is 5. The quantitative estimate of drug-likeness (QED) is 0.370. The molecule has 0 spiro atoms. The highest BCUT2D eigenvalue weighted by Gasteiger charge is 2.18. The van der Waals surface area contributed by atoms with Crippen molar-refractivity contribution in [1.29, 1.82) is 0 Å². The highest BCUT2D eigenvalue weighted by atomic mass is 35.5. The summed E-state index contributed by atoms with van der Waals surface area (Å²) in [5.41, 5.74) is 2.03. The second kappa shape index (κ2) is 8.98. The number of nitrogens with zero attached hydrogens (tertiary/aromatic N) is 1. The molecule has 1 unspecified atom stereocenters. The summed E-state index contributed by atoms with van der Waals surface area (Å²) in [6, 6.07) is 24.7. The van der Waals surface area contributed by atoms with Gasteiger partial charge in [-0.05, 0) is 29.8 Å². The van der Waals surface area contributed by atoms with Gasteiger partial charge in [0.15, 0.2) is 0 Å². The summed E-state index contributed by atoms with van der Waals surface area (Å²) in [5, 5.41) is 17.7. The van der Waals surface area contributed by atoms with Crippen molar-refractivity contribution < 1.29 is 14.7 Å². The molecule has 0 radical (unpaired) electrons. The van der Waals surface area contributed by atoms with E-state index < -0.39 is 12.2 Å². The lowest BCUT2D eigenvalue weighted by molar-refractivity contribution is 0.163. The van der Waals surface area contributed by atoms with Gasteiger partial charge in [-0.25, -0.2) is 4.79 Å². The molecule has 0 fully saturated rings. The number of carbonyl (C=O) groups is 1. The van der Waals surface area contributed by atoms with E-state index in [0.29, 0.717) is 21.8 Å². The van der Waals surface area contributed by atoms with E-state index in [1.54, 1.807) is 48.5 Å². The van der Waals surface area contributed by atoms with E-state index in [0.717, 1.165) is 0 Å². The summed E-state index contributed by atoms with van der Waals surface area (Å²) in [5.74, 6) is 0. The summed E-state index contributed by atoms with van der Waals surface area (Å²) in [7, 11) is 0. The first-order valence-corrected chi connectivity index (χ1v) is 8.61. The number of anilines is 1. The van der Waals surface area contributed by atoms with Crippen molar-refractivity contribution in [2.75, 3.05) is 5.32 Å². The van der Waals surface area contributed by atoms with Crippen LogP contribution >= 0.6 is 11.6 Å². The molecular weight excluding hydrogens is 364 g/mol. The van der Waals surface area contributed by atoms with Crippen molar-refractivity contribution in [3.8, 4) is 0 Å². The van der Waals surface area contributed by atoms with Gasteiger partial charge in [0.2, 0.25) is 0 Å². The summed E-state index contributed by atoms with van der Waals surface area (Å²) < 4.78 is 0. The van der Waals surface area contributed by atoms with E-state index in [1.807, 2.05) is 36.4 Å². The fraction of sp³-hybridized carbons (Fsp3) is 0.0476. The zero-order valence-electron chi connectivity index (χ0n) is 14.2. The second-order valence-electron chi connectivity index (χ2n) is 5.67. The Bertz CT molecular complexity index is 913. The second-order valence-corrected chi connectivity index (χ2v) is 6.10. The van der Waals surface area contributed by atoms with Crippen molar-refractivity contribution in [3.05, 3.63) is 101 Å². The number of nitrogens with one attached hydrogen (secondary N) is 1. The molecule has 1 amide bonds. The van der Waals surface area contributed by atoms with E-state index in [4.69, 9.17) is 16.4 Å². The predicted molar refractivity (Wildman–Crippen MR) is 106 cm³/mol. The molecule has 0 saturated carbocycles. The number of aliphatic hydroxyl groups is 1. The van der Waals surface area contributed by atoms with Crippen LogP contribution in [0.3, 0.4) is 0 Å². The van der Waals surface area contributed by atoms with Crippen LogP contribution in [0.5, 0.6) is 0 Å². The Morgan fingerprint density at radius 3 is 2.15 bits per heavy atom. The Morgan fingerprint density at radius 2 is 1.52 bits per heavy atom. The van der Waals surface area contributed by atoms with Crippen LogP contribution in [-0.2, 0) is 4.84 Å². The van der Waals surface area contributed by atoms with Crippen LogP contribution in [0.15, 0.2) is 90.1 Å². The fourth-order valence-corrected chi connectivity index (χ4v) is 2.55. The molecule has 6 heteroatoms. The molecule has 0 bridgehead atoms. The average molecular weight is 381 g/mol. The number of halogens is 1. The summed E-state index contributed by atoms with van der Waals surface area (Å²) in [6.45, 7) is 0. The van der Waals surface area contributed by atoms with E-state index in [-0.39, 0.29) is 5.71 Å². The summed E-state index contributed by atoms with van der Waals surface area (Å²) in [4.78, 5) is 17.0. The minimum Gasteiger partial charge on any atom is -0.382 e. The molecule has 0 saturated heterocycles. The van der Waals surface area contributed by atoms with Crippen LogP contribution in [0, 0.1) is 0 Å². The summed E-state index contributed by atoms with van der Waals surface area (Å²) >= 11 is 5.82. The number of carbonyl (C=O) groups excluding carboxylic acids is 1. The van der Waals surface area contributed by atoms with Gasteiger partial charge >= 0.3 is 6.09 Å². The molecule has 0 aliphatic heterocycles. The third-order valence-corrected chi connectivity index (χ3v) is 4.01. The molecule has 0 aliphatic rings. The van der Waals surface area contributed by atoms with Crippen molar-refractivity contribution in [2.24, 2.45) is 5.16 Å². The van der Waals surface area contributed by atoms with Gasteiger partial charge in [0.1, 0.15) is 11.8 Å². The normalized spacial score (nSPS) is 12.3. The highest BCUT2D eigenvalue weighted by molar-refractivity contribution is 6.30. The first kappa shape index (κ1) is 18.6. The van der Waals surface area contributed by atoms with Gasteiger partial charge in [-0.3, -0.25) is 10.2 Å². The van der Waals surface area contributed by atoms with E-state index in [2.05, 4.69) is 10.5 Å². The topological polar surface area (TPSA) is 70.9 Å². The lowest BCUT2D eigenvalue weighted by Crippen LogP contribution is -2.17. The van der Waals surface area contributed by atoms with Crippen LogP contribution in [0.25, 0.3) is 0 Å². The van der Waals surface area contributed by atoms with Gasteiger partial charge in [0.05, 0.1) is 0 Å². The minimum absolute atomic E-state index is 0.230. The number of oxime groups is 1. The molecule has 3 aromatic carbocycles. The number of aliphatic hydroxyl groups excluding tert-OH is 1. The van der Waals surface area contributed by atoms with Gasteiger partial charge in [0.25, 0.3) is 0 Å². The van der Waals surface area contributed by atoms with E-state index in [9.17, 15) is 9.90 Å². The van der Waals surface area contributed by atoms with Crippen molar-refractivity contribution in [1.82, 2.24) is 0 Å². The molecule has 3 rings (SSSR count). The number of hydrogen-bond acceptors (Lipinski definition) is 4. The highest BCUT2D eigenvalue weighted by Crippen LogP contribution is 2.20. The first-order chi connectivity index (χ1) is 13.1. The van der Waals surface area contributed by atoms with Crippen molar-refractivity contribution >= 4 is 29.1 Å². The monoisotopic (exact) mass is 380 g/mol. The maximum Gasteiger partial charge on any atom is 0.437 e. The molecule has 2 N–H and O–H groups in total.